The highest BCUT2D eigenvalue weighted by atomic mass is 16.5. The van der Waals surface area contributed by atoms with Gasteiger partial charge in [-0.2, -0.15) is 0 Å². The maximum absolute atomic E-state index is 5.27. The van der Waals surface area contributed by atoms with Gasteiger partial charge in [0.1, 0.15) is 17.3 Å². The Bertz CT molecular complexity index is 1140. The summed E-state index contributed by atoms with van der Waals surface area (Å²) in [6.45, 7) is 3.66. The summed E-state index contributed by atoms with van der Waals surface area (Å²) in [5.41, 5.74) is 2.96. The summed E-state index contributed by atoms with van der Waals surface area (Å²) >= 11 is 0. The van der Waals surface area contributed by atoms with Crippen LogP contribution in [-0.4, -0.2) is 48.2 Å². The van der Waals surface area contributed by atoms with Gasteiger partial charge >= 0.3 is 0 Å². The summed E-state index contributed by atoms with van der Waals surface area (Å²) in [4.78, 5) is 18.9. The number of aromatic nitrogens is 3. The quantitative estimate of drug-likeness (QED) is 0.518. The van der Waals surface area contributed by atoms with Crippen LogP contribution in [0.4, 0.5) is 11.5 Å². The highest BCUT2D eigenvalue weighted by Crippen LogP contribution is 2.28. The van der Waals surface area contributed by atoms with Crippen LogP contribution < -0.4 is 14.5 Å². The number of hydrogen-bond donors (Lipinski definition) is 0. The average Bonchev–Trinajstić information content (AvgIpc) is 2.84. The van der Waals surface area contributed by atoms with Gasteiger partial charge in [-0.1, -0.05) is 18.2 Å². The van der Waals surface area contributed by atoms with E-state index in [1.807, 2.05) is 48.5 Å². The average molecular weight is 397 g/mol. The topological polar surface area (TPSA) is 54.4 Å². The van der Waals surface area contributed by atoms with Crippen molar-refractivity contribution < 1.29 is 4.74 Å². The largest absolute Gasteiger partial charge is 0.497 e. The van der Waals surface area contributed by atoms with Gasteiger partial charge in [0.2, 0.25) is 0 Å². The maximum atomic E-state index is 5.27. The summed E-state index contributed by atoms with van der Waals surface area (Å²) in [6.07, 6.45) is 1.78. The molecule has 2 aromatic carbocycles. The molecule has 150 valence electrons. The lowest BCUT2D eigenvalue weighted by atomic mass is 10.2. The second kappa shape index (κ2) is 7.99. The van der Waals surface area contributed by atoms with Crippen LogP contribution in [0, 0.1) is 0 Å². The molecular formula is C24H23N5O. The molecule has 4 aromatic rings. The van der Waals surface area contributed by atoms with E-state index in [0.717, 1.165) is 54.3 Å². The molecule has 1 saturated heterocycles. The molecule has 0 N–H and O–H groups in total. The second-order valence-electron chi connectivity index (χ2n) is 7.28. The summed E-state index contributed by atoms with van der Waals surface area (Å²) < 4.78 is 5.27. The molecule has 5 rings (SSSR count). The normalized spacial score (nSPS) is 14.2. The fourth-order valence-corrected chi connectivity index (χ4v) is 3.88. The van der Waals surface area contributed by atoms with Crippen LogP contribution in [0.25, 0.3) is 22.4 Å². The molecule has 3 heterocycles. The number of nitrogens with zero attached hydrogens (tertiary/aromatic N) is 5. The Labute approximate surface area is 175 Å². The van der Waals surface area contributed by atoms with Crippen LogP contribution in [0.2, 0.25) is 0 Å². The molecule has 6 heteroatoms. The van der Waals surface area contributed by atoms with Crippen molar-refractivity contribution in [1.82, 2.24) is 15.0 Å². The lowest BCUT2D eigenvalue weighted by Gasteiger charge is -2.37. The molecule has 0 saturated carbocycles. The Morgan fingerprint density at radius 2 is 1.50 bits per heavy atom. The third-order valence-corrected chi connectivity index (χ3v) is 5.49. The Morgan fingerprint density at radius 3 is 2.23 bits per heavy atom. The molecule has 0 bridgehead atoms. The number of anilines is 2. The number of benzene rings is 2. The molecule has 1 fully saturated rings. The van der Waals surface area contributed by atoms with E-state index >= 15 is 0 Å². The first-order valence-corrected chi connectivity index (χ1v) is 10.1. The summed E-state index contributed by atoms with van der Waals surface area (Å²) in [5.74, 6) is 2.53. The van der Waals surface area contributed by atoms with E-state index in [1.165, 1.54) is 5.69 Å². The zero-order valence-corrected chi connectivity index (χ0v) is 16.9. The first-order valence-electron chi connectivity index (χ1n) is 10.1. The fourth-order valence-electron chi connectivity index (χ4n) is 3.88. The van der Waals surface area contributed by atoms with E-state index in [9.17, 15) is 0 Å². The molecule has 0 unspecified atom stereocenters. The molecule has 30 heavy (non-hydrogen) atoms. The summed E-state index contributed by atoms with van der Waals surface area (Å²) in [5, 5.41) is 1.08. The predicted molar refractivity (Wildman–Crippen MR) is 120 cm³/mol. The van der Waals surface area contributed by atoms with E-state index in [0.29, 0.717) is 5.82 Å². The van der Waals surface area contributed by atoms with Crippen LogP contribution in [-0.2, 0) is 0 Å². The molecule has 6 nitrogen and oxygen atoms in total. The molecule has 0 amide bonds. The Balaban J connectivity index is 1.43. The number of methoxy groups -OCH3 is 1. The molecule has 0 radical (unpaired) electrons. The lowest BCUT2D eigenvalue weighted by Crippen LogP contribution is -2.47. The van der Waals surface area contributed by atoms with E-state index in [4.69, 9.17) is 14.7 Å². The van der Waals surface area contributed by atoms with Gasteiger partial charge < -0.3 is 14.5 Å². The first-order chi connectivity index (χ1) is 14.8. The van der Waals surface area contributed by atoms with Crippen molar-refractivity contribution in [3.63, 3.8) is 0 Å². The van der Waals surface area contributed by atoms with Gasteiger partial charge in [-0.05, 0) is 48.5 Å². The van der Waals surface area contributed by atoms with Gasteiger partial charge in [0, 0.05) is 43.4 Å². The maximum Gasteiger partial charge on any atom is 0.180 e. The summed E-state index contributed by atoms with van der Waals surface area (Å²) in [7, 11) is 1.69. The van der Waals surface area contributed by atoms with Crippen molar-refractivity contribution >= 4 is 22.4 Å². The standard InChI is InChI=1S/C24H23N5O/c1-30-19-11-9-18(10-12-19)28-14-16-29(17-15-28)24-20-6-2-3-7-21(20)26-23(27-24)22-8-4-5-13-25-22/h2-13H,14-17H2,1H3. The van der Waals surface area contributed by atoms with Crippen molar-refractivity contribution in [2.24, 2.45) is 0 Å². The summed E-state index contributed by atoms with van der Waals surface area (Å²) in [6, 6.07) is 22.3. The number of fused-ring (bicyclic) bond motifs is 1. The molecule has 2 aromatic heterocycles. The Kier molecular flexibility index (Phi) is 4.89. The van der Waals surface area contributed by atoms with Crippen molar-refractivity contribution in [2.75, 3.05) is 43.1 Å². The van der Waals surface area contributed by atoms with Gasteiger partial charge in [0.05, 0.1) is 12.6 Å². The molecule has 0 atom stereocenters. The number of piperazine rings is 1. The van der Waals surface area contributed by atoms with Crippen molar-refractivity contribution in [1.29, 1.82) is 0 Å². The van der Waals surface area contributed by atoms with Gasteiger partial charge in [0.25, 0.3) is 0 Å². The molecule has 0 aliphatic carbocycles. The smallest absolute Gasteiger partial charge is 0.180 e. The van der Waals surface area contributed by atoms with Crippen molar-refractivity contribution in [3.05, 3.63) is 72.9 Å². The highest BCUT2D eigenvalue weighted by Gasteiger charge is 2.21. The Morgan fingerprint density at radius 1 is 0.767 bits per heavy atom. The van der Waals surface area contributed by atoms with Crippen LogP contribution in [0.3, 0.4) is 0 Å². The van der Waals surface area contributed by atoms with Crippen molar-refractivity contribution in [3.8, 4) is 17.3 Å². The van der Waals surface area contributed by atoms with E-state index in [-0.39, 0.29) is 0 Å². The third kappa shape index (κ3) is 3.52. The van der Waals surface area contributed by atoms with E-state index < -0.39 is 0 Å². The van der Waals surface area contributed by atoms with Crippen LogP contribution in [0.5, 0.6) is 5.75 Å². The molecule has 0 spiro atoms. The van der Waals surface area contributed by atoms with E-state index in [1.54, 1.807) is 13.3 Å². The van der Waals surface area contributed by atoms with E-state index in [2.05, 4.69) is 33.0 Å². The fraction of sp³-hybridized carbons (Fsp3) is 0.208. The number of hydrogen-bond acceptors (Lipinski definition) is 6. The second-order valence-corrected chi connectivity index (χ2v) is 7.28. The molecular weight excluding hydrogens is 374 g/mol. The molecule has 1 aliphatic rings. The van der Waals surface area contributed by atoms with Crippen LogP contribution >= 0.6 is 0 Å². The number of rotatable bonds is 4. The Hall–Kier alpha value is -3.67. The SMILES string of the molecule is COc1ccc(N2CCN(c3nc(-c4ccccn4)nc4ccccc34)CC2)cc1. The van der Waals surface area contributed by atoms with Crippen LogP contribution in [0.15, 0.2) is 72.9 Å². The zero-order valence-electron chi connectivity index (χ0n) is 16.9. The van der Waals surface area contributed by atoms with Gasteiger partial charge in [0.15, 0.2) is 5.82 Å². The van der Waals surface area contributed by atoms with Crippen LogP contribution in [0.1, 0.15) is 0 Å². The number of ether oxygens (including phenoxy) is 1. The molecule has 1 aliphatic heterocycles. The van der Waals surface area contributed by atoms with Gasteiger partial charge in [-0.25, -0.2) is 9.97 Å². The highest BCUT2D eigenvalue weighted by molar-refractivity contribution is 5.91. The number of para-hydroxylation sites is 1. The minimum absolute atomic E-state index is 0.668. The minimum atomic E-state index is 0.668. The first kappa shape index (κ1) is 18.4. The third-order valence-electron chi connectivity index (χ3n) is 5.49. The minimum Gasteiger partial charge on any atom is -0.497 e. The van der Waals surface area contributed by atoms with Gasteiger partial charge in [-0.15, -0.1) is 0 Å². The number of pyridine rings is 1. The van der Waals surface area contributed by atoms with Gasteiger partial charge in [-0.3, -0.25) is 4.98 Å². The van der Waals surface area contributed by atoms with Crippen molar-refractivity contribution in [2.45, 2.75) is 0 Å². The zero-order chi connectivity index (χ0) is 20.3. The monoisotopic (exact) mass is 397 g/mol. The predicted octanol–water partition coefficient (Wildman–Crippen LogP) is 4.03. The lowest BCUT2D eigenvalue weighted by molar-refractivity contribution is 0.415.